The van der Waals surface area contributed by atoms with E-state index < -0.39 is 0 Å². The SMILES string of the molecule is C[C@@H]1Cc2c(C(=O)NCC3(N(C)C)CCC3)nn(C)c2[C@H](C)O1. The van der Waals surface area contributed by atoms with Crippen molar-refractivity contribution in [1.82, 2.24) is 20.0 Å². The van der Waals surface area contributed by atoms with E-state index in [1.54, 1.807) is 4.68 Å². The number of nitrogens with one attached hydrogen (secondary N) is 1. The molecule has 1 aliphatic carbocycles. The second-order valence-electron chi connectivity index (χ2n) is 7.28. The fourth-order valence-electron chi connectivity index (χ4n) is 3.92. The summed E-state index contributed by atoms with van der Waals surface area (Å²) >= 11 is 0. The third kappa shape index (κ3) is 2.78. The zero-order valence-electron chi connectivity index (χ0n) is 14.8. The Morgan fingerprint density at radius 3 is 2.70 bits per heavy atom. The van der Waals surface area contributed by atoms with Gasteiger partial charge in [-0.05, 0) is 47.2 Å². The van der Waals surface area contributed by atoms with Crippen molar-refractivity contribution in [3.8, 4) is 0 Å². The molecule has 1 aromatic heterocycles. The second kappa shape index (κ2) is 5.91. The number of aryl methyl sites for hydroxylation is 1. The summed E-state index contributed by atoms with van der Waals surface area (Å²) in [6.45, 7) is 4.75. The summed E-state index contributed by atoms with van der Waals surface area (Å²) in [4.78, 5) is 14.9. The van der Waals surface area contributed by atoms with E-state index in [0.29, 0.717) is 12.2 Å². The first-order chi connectivity index (χ1) is 10.8. The van der Waals surface area contributed by atoms with E-state index in [0.717, 1.165) is 30.5 Å². The van der Waals surface area contributed by atoms with Crippen molar-refractivity contribution in [2.45, 2.75) is 57.3 Å². The average Bonchev–Trinajstić information content (AvgIpc) is 2.74. The molecule has 1 N–H and O–H groups in total. The molecule has 2 atom stereocenters. The highest BCUT2D eigenvalue weighted by atomic mass is 16.5. The number of fused-ring (bicyclic) bond motifs is 1. The zero-order chi connectivity index (χ0) is 16.8. The van der Waals surface area contributed by atoms with E-state index in [4.69, 9.17) is 4.74 Å². The molecule has 3 rings (SSSR count). The number of likely N-dealkylation sites (N-methyl/N-ethyl adjacent to an activating group) is 1. The summed E-state index contributed by atoms with van der Waals surface area (Å²) < 4.78 is 7.66. The van der Waals surface area contributed by atoms with Crippen LogP contribution in [0.3, 0.4) is 0 Å². The van der Waals surface area contributed by atoms with Gasteiger partial charge in [-0.2, -0.15) is 5.10 Å². The number of ether oxygens (including phenoxy) is 1. The molecule has 1 fully saturated rings. The number of carbonyl (C=O) groups is 1. The van der Waals surface area contributed by atoms with Crippen LogP contribution >= 0.6 is 0 Å². The van der Waals surface area contributed by atoms with Crippen molar-refractivity contribution in [2.24, 2.45) is 7.05 Å². The van der Waals surface area contributed by atoms with Crippen molar-refractivity contribution in [2.75, 3.05) is 20.6 Å². The fourth-order valence-corrected chi connectivity index (χ4v) is 3.92. The molecule has 1 saturated carbocycles. The molecular formula is C17H28N4O2. The third-order valence-corrected chi connectivity index (χ3v) is 5.53. The van der Waals surface area contributed by atoms with Crippen LogP contribution in [0.1, 0.15) is 61.0 Å². The number of aromatic nitrogens is 2. The summed E-state index contributed by atoms with van der Waals surface area (Å²) in [6.07, 6.45) is 4.36. The molecule has 0 unspecified atom stereocenters. The molecule has 0 radical (unpaired) electrons. The Hall–Kier alpha value is -1.40. The Morgan fingerprint density at radius 1 is 1.43 bits per heavy atom. The van der Waals surface area contributed by atoms with Crippen LogP contribution < -0.4 is 5.32 Å². The van der Waals surface area contributed by atoms with Crippen LogP contribution in [-0.4, -0.2) is 52.9 Å². The van der Waals surface area contributed by atoms with Gasteiger partial charge in [-0.3, -0.25) is 9.48 Å². The van der Waals surface area contributed by atoms with E-state index >= 15 is 0 Å². The van der Waals surface area contributed by atoms with Gasteiger partial charge in [0, 0.05) is 31.1 Å². The number of nitrogens with zero attached hydrogens (tertiary/aromatic N) is 3. The molecule has 128 valence electrons. The smallest absolute Gasteiger partial charge is 0.272 e. The molecule has 1 amide bonds. The van der Waals surface area contributed by atoms with Crippen molar-refractivity contribution in [3.05, 3.63) is 17.0 Å². The largest absolute Gasteiger partial charge is 0.369 e. The lowest BCUT2D eigenvalue weighted by Crippen LogP contribution is -2.57. The highest BCUT2D eigenvalue weighted by Gasteiger charge is 2.40. The van der Waals surface area contributed by atoms with E-state index in [1.165, 1.54) is 6.42 Å². The van der Waals surface area contributed by atoms with Gasteiger partial charge in [-0.15, -0.1) is 0 Å². The molecule has 1 aromatic rings. The Kier molecular flexibility index (Phi) is 4.23. The van der Waals surface area contributed by atoms with Crippen LogP contribution in [0.4, 0.5) is 0 Å². The first-order valence-corrected chi connectivity index (χ1v) is 8.51. The highest BCUT2D eigenvalue weighted by Crippen LogP contribution is 2.36. The van der Waals surface area contributed by atoms with Gasteiger partial charge >= 0.3 is 0 Å². The van der Waals surface area contributed by atoms with Crippen LogP contribution in [0.25, 0.3) is 0 Å². The molecule has 1 aliphatic heterocycles. The Labute approximate surface area is 138 Å². The average molecular weight is 320 g/mol. The maximum atomic E-state index is 12.7. The van der Waals surface area contributed by atoms with Gasteiger partial charge in [0.15, 0.2) is 5.69 Å². The number of amides is 1. The van der Waals surface area contributed by atoms with Gasteiger partial charge in [0.1, 0.15) is 0 Å². The van der Waals surface area contributed by atoms with Crippen LogP contribution in [0, 0.1) is 0 Å². The topological polar surface area (TPSA) is 59.4 Å². The minimum absolute atomic E-state index is 0.0208. The number of carbonyl (C=O) groups excluding carboxylic acids is 1. The number of rotatable bonds is 4. The van der Waals surface area contributed by atoms with Crippen LogP contribution in [0.2, 0.25) is 0 Å². The normalized spacial score (nSPS) is 25.8. The minimum atomic E-state index is -0.0590. The molecule has 0 aromatic carbocycles. The third-order valence-electron chi connectivity index (χ3n) is 5.53. The lowest BCUT2D eigenvalue weighted by Gasteiger charge is -2.47. The first kappa shape index (κ1) is 16.5. The fraction of sp³-hybridized carbons (Fsp3) is 0.765. The molecule has 0 bridgehead atoms. The summed E-state index contributed by atoms with van der Waals surface area (Å²) in [7, 11) is 6.07. The van der Waals surface area contributed by atoms with E-state index in [1.807, 2.05) is 20.9 Å². The summed E-state index contributed by atoms with van der Waals surface area (Å²) in [5.41, 5.74) is 2.76. The van der Waals surface area contributed by atoms with E-state index in [2.05, 4.69) is 29.4 Å². The quantitative estimate of drug-likeness (QED) is 0.916. The maximum absolute atomic E-state index is 12.7. The molecular weight excluding hydrogens is 292 g/mol. The number of hydrogen-bond donors (Lipinski definition) is 1. The van der Waals surface area contributed by atoms with Crippen molar-refractivity contribution in [3.63, 3.8) is 0 Å². The van der Waals surface area contributed by atoms with Crippen LogP contribution in [0.15, 0.2) is 0 Å². The van der Waals surface area contributed by atoms with E-state index in [-0.39, 0.29) is 23.7 Å². The van der Waals surface area contributed by atoms with Crippen LogP contribution in [0.5, 0.6) is 0 Å². The number of hydrogen-bond acceptors (Lipinski definition) is 4. The molecule has 2 heterocycles. The predicted molar refractivity (Wildman–Crippen MR) is 88.5 cm³/mol. The monoisotopic (exact) mass is 320 g/mol. The molecule has 6 heteroatoms. The second-order valence-corrected chi connectivity index (χ2v) is 7.28. The first-order valence-electron chi connectivity index (χ1n) is 8.51. The maximum Gasteiger partial charge on any atom is 0.272 e. The Balaban J connectivity index is 1.77. The molecule has 23 heavy (non-hydrogen) atoms. The lowest BCUT2D eigenvalue weighted by atomic mass is 9.75. The molecule has 0 saturated heterocycles. The predicted octanol–water partition coefficient (Wildman–Crippen LogP) is 1.66. The summed E-state index contributed by atoms with van der Waals surface area (Å²) in [5, 5.41) is 7.60. The Morgan fingerprint density at radius 2 is 2.13 bits per heavy atom. The standard InChI is InChI=1S/C17H28N4O2/c1-11-9-13-14(19-21(5)15(13)12(2)23-11)16(22)18-10-17(20(3)4)7-6-8-17/h11-12H,6-10H2,1-5H3,(H,18,22)/t11-,12+/m1/s1. The van der Waals surface area contributed by atoms with Gasteiger partial charge in [-0.25, -0.2) is 0 Å². The molecule has 0 spiro atoms. The van der Waals surface area contributed by atoms with Gasteiger partial charge in [0.2, 0.25) is 0 Å². The molecule has 2 aliphatic rings. The highest BCUT2D eigenvalue weighted by molar-refractivity contribution is 5.94. The Bertz CT molecular complexity index is 604. The lowest BCUT2D eigenvalue weighted by molar-refractivity contribution is -0.00904. The zero-order valence-corrected chi connectivity index (χ0v) is 14.8. The van der Waals surface area contributed by atoms with Gasteiger partial charge in [0.25, 0.3) is 5.91 Å². The van der Waals surface area contributed by atoms with Crippen molar-refractivity contribution < 1.29 is 9.53 Å². The van der Waals surface area contributed by atoms with Gasteiger partial charge < -0.3 is 15.0 Å². The minimum Gasteiger partial charge on any atom is -0.369 e. The molecule has 6 nitrogen and oxygen atoms in total. The summed E-state index contributed by atoms with van der Waals surface area (Å²) in [5.74, 6) is -0.0590. The van der Waals surface area contributed by atoms with Gasteiger partial charge in [0.05, 0.1) is 17.9 Å². The van der Waals surface area contributed by atoms with Crippen molar-refractivity contribution >= 4 is 5.91 Å². The van der Waals surface area contributed by atoms with E-state index in [9.17, 15) is 4.79 Å². The van der Waals surface area contributed by atoms with Crippen molar-refractivity contribution in [1.29, 1.82) is 0 Å². The summed E-state index contributed by atoms with van der Waals surface area (Å²) in [6, 6.07) is 0. The van der Waals surface area contributed by atoms with Gasteiger partial charge in [-0.1, -0.05) is 0 Å². The van der Waals surface area contributed by atoms with Crippen LogP contribution in [-0.2, 0) is 18.2 Å².